The van der Waals surface area contributed by atoms with E-state index in [0.717, 1.165) is 12.2 Å². The monoisotopic (exact) mass is 244 g/mol. The fourth-order valence-corrected chi connectivity index (χ4v) is 2.10. The van der Waals surface area contributed by atoms with Gasteiger partial charge in [0.05, 0.1) is 7.11 Å². The highest BCUT2D eigenvalue weighted by Gasteiger charge is 2.11. The van der Waals surface area contributed by atoms with Crippen molar-refractivity contribution in [2.75, 3.05) is 7.11 Å². The average molecular weight is 244 g/mol. The Morgan fingerprint density at radius 2 is 1.56 bits per heavy atom. The van der Waals surface area contributed by atoms with E-state index in [1.165, 1.54) is 11.1 Å². The molecule has 0 saturated heterocycles. The predicted molar refractivity (Wildman–Crippen MR) is 74.4 cm³/mol. The zero-order valence-corrected chi connectivity index (χ0v) is 11.0. The molecule has 2 aromatic rings. The molecule has 3 nitrogen and oxygen atoms in total. The Hall–Kier alpha value is -1.87. The molecule has 3 N–H and O–H groups in total. The average Bonchev–Trinajstić information content (AvgIpc) is 2.42. The van der Waals surface area contributed by atoms with Crippen molar-refractivity contribution in [1.82, 2.24) is 11.1 Å². The van der Waals surface area contributed by atoms with E-state index in [4.69, 9.17) is 4.74 Å². The van der Waals surface area contributed by atoms with Crippen LogP contribution in [0.25, 0.3) is 0 Å². The van der Waals surface area contributed by atoms with Crippen LogP contribution in [0.3, 0.4) is 0 Å². The molecule has 96 valence electrons. The van der Waals surface area contributed by atoms with Crippen LogP contribution in [0.15, 0.2) is 48.8 Å². The molecular weight excluding hydrogens is 224 g/mol. The van der Waals surface area contributed by atoms with Gasteiger partial charge in [-0.2, -0.15) is 0 Å². The molecule has 0 fully saturated rings. The zero-order valence-electron chi connectivity index (χ0n) is 11.0. The number of aromatic nitrogens is 1. The third kappa shape index (κ3) is 3.08. The summed E-state index contributed by atoms with van der Waals surface area (Å²) in [6.07, 6.45) is 4.78. The lowest BCUT2D eigenvalue weighted by atomic mass is 9.90. The first kappa shape index (κ1) is 14.2. The summed E-state index contributed by atoms with van der Waals surface area (Å²) < 4.78 is 5.18. The van der Waals surface area contributed by atoms with Gasteiger partial charge in [0.1, 0.15) is 5.75 Å². The number of hydrogen-bond donors (Lipinski definition) is 1. The van der Waals surface area contributed by atoms with E-state index < -0.39 is 0 Å². The van der Waals surface area contributed by atoms with Gasteiger partial charge in [0.15, 0.2) is 0 Å². The number of rotatable bonds is 4. The lowest BCUT2D eigenvalue weighted by molar-refractivity contribution is 0.414. The van der Waals surface area contributed by atoms with Gasteiger partial charge in [0.2, 0.25) is 0 Å². The van der Waals surface area contributed by atoms with Gasteiger partial charge in [-0.05, 0) is 41.8 Å². The van der Waals surface area contributed by atoms with Crippen LogP contribution in [0, 0.1) is 0 Å². The number of benzene rings is 1. The topological polar surface area (TPSA) is 57.1 Å². The molecule has 1 unspecified atom stereocenters. The smallest absolute Gasteiger partial charge is 0.118 e. The third-order valence-corrected chi connectivity index (χ3v) is 3.03. The summed E-state index contributed by atoms with van der Waals surface area (Å²) in [5, 5.41) is 0. The molecule has 0 spiro atoms. The van der Waals surface area contributed by atoms with E-state index in [-0.39, 0.29) is 6.15 Å². The minimum absolute atomic E-state index is 0. The molecule has 0 aliphatic carbocycles. The first-order valence-electron chi connectivity index (χ1n) is 5.89. The normalized spacial score (nSPS) is 11.4. The van der Waals surface area contributed by atoms with E-state index in [1.54, 1.807) is 7.11 Å². The first-order chi connectivity index (χ1) is 8.35. The van der Waals surface area contributed by atoms with E-state index >= 15 is 0 Å². The number of methoxy groups -OCH3 is 1. The Labute approximate surface area is 108 Å². The van der Waals surface area contributed by atoms with Crippen LogP contribution < -0.4 is 10.9 Å². The fourth-order valence-electron chi connectivity index (χ4n) is 2.10. The second-order valence-corrected chi connectivity index (χ2v) is 4.01. The Morgan fingerprint density at radius 3 is 2.06 bits per heavy atom. The maximum Gasteiger partial charge on any atom is 0.118 e. The second-order valence-electron chi connectivity index (χ2n) is 4.01. The SMILES string of the molecule is CCC(c1ccncc1)c1ccc(OC)cc1.N. The molecule has 1 atom stereocenters. The van der Waals surface area contributed by atoms with Crippen molar-refractivity contribution in [1.29, 1.82) is 0 Å². The van der Waals surface area contributed by atoms with E-state index in [9.17, 15) is 0 Å². The van der Waals surface area contributed by atoms with Gasteiger partial charge < -0.3 is 10.9 Å². The summed E-state index contributed by atoms with van der Waals surface area (Å²) in [6, 6.07) is 12.5. The molecular formula is C15H20N2O. The van der Waals surface area contributed by atoms with Crippen molar-refractivity contribution in [3.63, 3.8) is 0 Å². The zero-order chi connectivity index (χ0) is 12.1. The van der Waals surface area contributed by atoms with Gasteiger partial charge in [-0.15, -0.1) is 0 Å². The molecule has 0 radical (unpaired) electrons. The molecule has 0 aliphatic rings. The molecule has 1 heterocycles. The summed E-state index contributed by atoms with van der Waals surface area (Å²) in [7, 11) is 1.69. The largest absolute Gasteiger partial charge is 0.497 e. The molecule has 0 aliphatic heterocycles. The minimum Gasteiger partial charge on any atom is -0.497 e. The van der Waals surface area contributed by atoms with Crippen LogP contribution in [-0.4, -0.2) is 12.1 Å². The van der Waals surface area contributed by atoms with Gasteiger partial charge in [-0.1, -0.05) is 19.1 Å². The van der Waals surface area contributed by atoms with Gasteiger partial charge >= 0.3 is 0 Å². The highest BCUT2D eigenvalue weighted by Crippen LogP contribution is 2.28. The highest BCUT2D eigenvalue weighted by molar-refractivity contribution is 5.35. The lowest BCUT2D eigenvalue weighted by Crippen LogP contribution is -1.99. The number of hydrogen-bond acceptors (Lipinski definition) is 3. The lowest BCUT2D eigenvalue weighted by Gasteiger charge is -2.16. The summed E-state index contributed by atoms with van der Waals surface area (Å²) in [4.78, 5) is 4.06. The van der Waals surface area contributed by atoms with Crippen LogP contribution in [0.2, 0.25) is 0 Å². The Balaban J connectivity index is 0.00000162. The Kier molecular flexibility index (Phi) is 5.33. The number of ether oxygens (including phenoxy) is 1. The van der Waals surface area contributed by atoms with Crippen LogP contribution in [-0.2, 0) is 0 Å². The molecule has 1 aromatic carbocycles. The molecule has 0 amide bonds. The molecule has 2 rings (SSSR count). The number of nitrogens with zero attached hydrogens (tertiary/aromatic N) is 1. The van der Waals surface area contributed by atoms with Gasteiger partial charge in [-0.3, -0.25) is 4.98 Å². The molecule has 0 bridgehead atoms. The minimum atomic E-state index is 0. The highest BCUT2D eigenvalue weighted by atomic mass is 16.5. The van der Waals surface area contributed by atoms with Crippen molar-refractivity contribution in [3.05, 3.63) is 59.9 Å². The molecule has 3 heteroatoms. The third-order valence-electron chi connectivity index (χ3n) is 3.03. The second kappa shape index (κ2) is 6.77. The molecule has 18 heavy (non-hydrogen) atoms. The van der Waals surface area contributed by atoms with Gasteiger partial charge in [-0.25, -0.2) is 0 Å². The van der Waals surface area contributed by atoms with Crippen molar-refractivity contribution >= 4 is 0 Å². The van der Waals surface area contributed by atoms with Gasteiger partial charge in [0, 0.05) is 18.3 Å². The molecule has 0 saturated carbocycles. The van der Waals surface area contributed by atoms with Crippen molar-refractivity contribution < 1.29 is 4.74 Å². The first-order valence-corrected chi connectivity index (χ1v) is 5.89. The standard InChI is InChI=1S/C15H17NO.H3N/c1-3-15(13-8-10-16-11-9-13)12-4-6-14(17-2)7-5-12;/h4-11,15H,3H2,1-2H3;1H3. The quantitative estimate of drug-likeness (QED) is 0.890. The van der Waals surface area contributed by atoms with Crippen molar-refractivity contribution in [2.45, 2.75) is 19.3 Å². The van der Waals surface area contributed by atoms with Crippen LogP contribution in [0.4, 0.5) is 0 Å². The van der Waals surface area contributed by atoms with E-state index in [2.05, 4.69) is 36.2 Å². The fraction of sp³-hybridized carbons (Fsp3) is 0.267. The van der Waals surface area contributed by atoms with E-state index in [1.807, 2.05) is 24.5 Å². The summed E-state index contributed by atoms with van der Waals surface area (Å²) >= 11 is 0. The summed E-state index contributed by atoms with van der Waals surface area (Å²) in [5.41, 5.74) is 2.63. The van der Waals surface area contributed by atoms with Gasteiger partial charge in [0.25, 0.3) is 0 Å². The predicted octanol–water partition coefficient (Wildman–Crippen LogP) is 3.79. The van der Waals surface area contributed by atoms with Crippen LogP contribution >= 0.6 is 0 Å². The van der Waals surface area contributed by atoms with Crippen molar-refractivity contribution in [2.24, 2.45) is 0 Å². The van der Waals surface area contributed by atoms with E-state index in [0.29, 0.717) is 5.92 Å². The Morgan fingerprint density at radius 1 is 1.00 bits per heavy atom. The maximum absolute atomic E-state index is 5.18. The summed E-state index contributed by atoms with van der Waals surface area (Å²) in [5.74, 6) is 1.34. The van der Waals surface area contributed by atoms with Crippen molar-refractivity contribution in [3.8, 4) is 5.75 Å². The van der Waals surface area contributed by atoms with Crippen LogP contribution in [0.1, 0.15) is 30.4 Å². The Bertz CT molecular complexity index is 454. The summed E-state index contributed by atoms with van der Waals surface area (Å²) in [6.45, 7) is 2.20. The number of pyridine rings is 1. The maximum atomic E-state index is 5.18. The van der Waals surface area contributed by atoms with Crippen LogP contribution in [0.5, 0.6) is 5.75 Å². The molecule has 1 aromatic heterocycles.